The first-order valence-corrected chi connectivity index (χ1v) is 7.78. The smallest absolute Gasteiger partial charge is 0.225 e. The van der Waals surface area contributed by atoms with Crippen molar-refractivity contribution in [2.45, 2.75) is 51.1 Å². The van der Waals surface area contributed by atoms with E-state index in [4.69, 9.17) is 5.73 Å². The van der Waals surface area contributed by atoms with Gasteiger partial charge in [-0.3, -0.25) is 0 Å². The van der Waals surface area contributed by atoms with Crippen molar-refractivity contribution < 1.29 is 0 Å². The number of rotatable bonds is 4. The molecular weight excluding hydrogens is 339 g/mol. The highest BCUT2D eigenvalue weighted by molar-refractivity contribution is 14.1. The fourth-order valence-corrected chi connectivity index (χ4v) is 2.83. The summed E-state index contributed by atoms with van der Waals surface area (Å²) in [6.45, 7) is 3.23. The lowest BCUT2D eigenvalue weighted by atomic mass is 9.91. The van der Waals surface area contributed by atoms with Gasteiger partial charge in [0.1, 0.15) is 0 Å². The van der Waals surface area contributed by atoms with Gasteiger partial charge in [0.25, 0.3) is 0 Å². The summed E-state index contributed by atoms with van der Waals surface area (Å²) in [6.07, 6.45) is 9.47. The number of anilines is 1. The zero-order valence-electron chi connectivity index (χ0n) is 10.8. The summed E-state index contributed by atoms with van der Waals surface area (Å²) in [5.41, 5.74) is 5.98. The first-order valence-electron chi connectivity index (χ1n) is 6.70. The average molecular weight is 360 g/mol. The fourth-order valence-electron chi connectivity index (χ4n) is 2.55. The Hall–Kier alpha value is -0.430. The van der Waals surface area contributed by atoms with Crippen LogP contribution in [0.1, 0.15) is 39.0 Å². The second-order valence-electron chi connectivity index (χ2n) is 4.96. The monoisotopic (exact) mass is 360 g/mol. The minimum atomic E-state index is 0.391. The lowest BCUT2D eigenvalue weighted by Crippen LogP contribution is -2.42. The van der Waals surface area contributed by atoms with Crippen LogP contribution >= 0.6 is 22.6 Å². The molecule has 0 spiro atoms. The van der Waals surface area contributed by atoms with Crippen LogP contribution in [0.25, 0.3) is 0 Å². The molecule has 18 heavy (non-hydrogen) atoms. The lowest BCUT2D eigenvalue weighted by Gasteiger charge is -2.36. The van der Waals surface area contributed by atoms with Crippen molar-refractivity contribution in [2.24, 2.45) is 5.73 Å². The third-order valence-electron chi connectivity index (χ3n) is 3.51. The van der Waals surface area contributed by atoms with E-state index >= 15 is 0 Å². The Morgan fingerprint density at radius 1 is 1.28 bits per heavy atom. The van der Waals surface area contributed by atoms with Gasteiger partial charge < -0.3 is 10.6 Å². The molecule has 5 heteroatoms. The maximum absolute atomic E-state index is 5.98. The molecule has 0 amide bonds. The van der Waals surface area contributed by atoms with Crippen molar-refractivity contribution in [3.8, 4) is 0 Å². The highest BCUT2D eigenvalue weighted by Crippen LogP contribution is 2.25. The van der Waals surface area contributed by atoms with Gasteiger partial charge in [-0.15, -0.1) is 0 Å². The summed E-state index contributed by atoms with van der Waals surface area (Å²) >= 11 is 2.24. The molecule has 1 aromatic heterocycles. The molecule has 2 N–H and O–H groups in total. The van der Waals surface area contributed by atoms with Gasteiger partial charge in [-0.25, -0.2) is 9.97 Å². The van der Waals surface area contributed by atoms with Gasteiger partial charge in [-0.05, 0) is 54.7 Å². The van der Waals surface area contributed by atoms with Crippen LogP contribution in [0, 0.1) is 3.57 Å². The Labute approximate surface area is 123 Å². The minimum Gasteiger partial charge on any atom is -0.338 e. The largest absolute Gasteiger partial charge is 0.338 e. The molecule has 0 unspecified atom stereocenters. The molecule has 0 aliphatic heterocycles. The Morgan fingerprint density at radius 3 is 2.44 bits per heavy atom. The van der Waals surface area contributed by atoms with Crippen molar-refractivity contribution in [1.82, 2.24) is 9.97 Å². The average Bonchev–Trinajstić information content (AvgIpc) is 2.39. The number of hydrogen-bond donors (Lipinski definition) is 1. The quantitative estimate of drug-likeness (QED) is 0.839. The van der Waals surface area contributed by atoms with Crippen molar-refractivity contribution in [1.29, 1.82) is 0 Å². The van der Waals surface area contributed by atoms with Crippen LogP contribution in [0.5, 0.6) is 0 Å². The Kier molecular flexibility index (Phi) is 5.17. The fraction of sp³-hybridized carbons (Fsp3) is 0.692. The van der Waals surface area contributed by atoms with Gasteiger partial charge in [-0.2, -0.15) is 0 Å². The molecule has 1 saturated carbocycles. The van der Waals surface area contributed by atoms with E-state index in [2.05, 4.69) is 44.4 Å². The maximum Gasteiger partial charge on any atom is 0.225 e. The van der Waals surface area contributed by atoms with E-state index < -0.39 is 0 Å². The van der Waals surface area contributed by atoms with E-state index in [0.717, 1.165) is 48.2 Å². The minimum absolute atomic E-state index is 0.391. The van der Waals surface area contributed by atoms with E-state index in [9.17, 15) is 0 Å². The molecule has 0 radical (unpaired) electrons. The SMILES string of the molecule is CCCN(c1ncc(I)cn1)C1CCC(N)CC1. The summed E-state index contributed by atoms with van der Waals surface area (Å²) in [5.74, 6) is 0.873. The molecule has 1 aliphatic carbocycles. The van der Waals surface area contributed by atoms with Gasteiger partial charge in [0.15, 0.2) is 0 Å². The van der Waals surface area contributed by atoms with E-state index in [1.165, 1.54) is 0 Å². The lowest BCUT2D eigenvalue weighted by molar-refractivity contribution is 0.372. The van der Waals surface area contributed by atoms with Crippen molar-refractivity contribution in [3.05, 3.63) is 16.0 Å². The summed E-state index contributed by atoms with van der Waals surface area (Å²) < 4.78 is 1.08. The number of halogens is 1. The first kappa shape index (κ1) is 14.0. The zero-order chi connectivity index (χ0) is 13.0. The Balaban J connectivity index is 2.09. The molecule has 100 valence electrons. The van der Waals surface area contributed by atoms with Crippen LogP contribution in [-0.4, -0.2) is 28.6 Å². The predicted molar refractivity (Wildman–Crippen MR) is 82.6 cm³/mol. The van der Waals surface area contributed by atoms with Crippen LogP contribution < -0.4 is 10.6 Å². The van der Waals surface area contributed by atoms with Gasteiger partial charge in [-0.1, -0.05) is 6.92 Å². The van der Waals surface area contributed by atoms with Gasteiger partial charge in [0, 0.05) is 34.6 Å². The molecule has 1 heterocycles. The number of nitrogens with two attached hydrogens (primary N) is 1. The highest BCUT2D eigenvalue weighted by atomic mass is 127. The third-order valence-corrected chi connectivity index (χ3v) is 4.07. The summed E-state index contributed by atoms with van der Waals surface area (Å²) in [7, 11) is 0. The summed E-state index contributed by atoms with van der Waals surface area (Å²) in [6, 6.07) is 0.951. The van der Waals surface area contributed by atoms with Gasteiger partial charge in [0.05, 0.1) is 0 Å². The molecule has 2 rings (SSSR count). The van der Waals surface area contributed by atoms with Crippen molar-refractivity contribution in [2.75, 3.05) is 11.4 Å². The normalized spacial score (nSPS) is 23.9. The van der Waals surface area contributed by atoms with Crippen molar-refractivity contribution in [3.63, 3.8) is 0 Å². The Bertz CT molecular complexity index is 360. The van der Waals surface area contributed by atoms with Crippen LogP contribution in [-0.2, 0) is 0 Å². The molecule has 4 nitrogen and oxygen atoms in total. The standard InChI is InChI=1S/C13H21IN4/c1-2-7-18(12-5-3-11(15)4-6-12)13-16-8-10(14)9-17-13/h8-9,11-12H,2-7,15H2,1H3. The van der Waals surface area contributed by atoms with Gasteiger partial charge in [0.2, 0.25) is 5.95 Å². The first-order chi connectivity index (χ1) is 8.70. The summed E-state index contributed by atoms with van der Waals surface area (Å²) in [4.78, 5) is 11.3. The predicted octanol–water partition coefficient (Wildman–Crippen LogP) is 2.57. The van der Waals surface area contributed by atoms with Crippen LogP contribution in [0.2, 0.25) is 0 Å². The summed E-state index contributed by atoms with van der Waals surface area (Å²) in [5, 5.41) is 0. The van der Waals surface area contributed by atoms with E-state index in [0.29, 0.717) is 12.1 Å². The van der Waals surface area contributed by atoms with Crippen molar-refractivity contribution >= 4 is 28.5 Å². The van der Waals surface area contributed by atoms with E-state index in [-0.39, 0.29) is 0 Å². The second kappa shape index (κ2) is 6.65. The number of hydrogen-bond acceptors (Lipinski definition) is 4. The molecule has 0 atom stereocenters. The van der Waals surface area contributed by atoms with Crippen LogP contribution in [0.15, 0.2) is 12.4 Å². The molecule has 0 saturated heterocycles. The topological polar surface area (TPSA) is 55.0 Å². The van der Waals surface area contributed by atoms with Gasteiger partial charge >= 0.3 is 0 Å². The van der Waals surface area contributed by atoms with E-state index in [1.807, 2.05) is 12.4 Å². The molecule has 1 aliphatic rings. The number of nitrogens with zero attached hydrogens (tertiary/aromatic N) is 3. The van der Waals surface area contributed by atoms with Crippen LogP contribution in [0.3, 0.4) is 0 Å². The highest BCUT2D eigenvalue weighted by Gasteiger charge is 2.25. The Morgan fingerprint density at radius 2 is 1.89 bits per heavy atom. The zero-order valence-corrected chi connectivity index (χ0v) is 13.0. The second-order valence-corrected chi connectivity index (χ2v) is 6.21. The molecule has 0 bridgehead atoms. The third kappa shape index (κ3) is 3.54. The molecule has 0 aromatic carbocycles. The molecule has 1 fully saturated rings. The number of aromatic nitrogens is 2. The van der Waals surface area contributed by atoms with E-state index in [1.54, 1.807) is 0 Å². The van der Waals surface area contributed by atoms with Crippen LogP contribution in [0.4, 0.5) is 5.95 Å². The molecule has 1 aromatic rings. The molecular formula is C13H21IN4. The maximum atomic E-state index is 5.98.